The van der Waals surface area contributed by atoms with E-state index in [1.807, 2.05) is 0 Å². The number of carbonyl (C=O) groups excluding carboxylic acids is 2. The minimum atomic E-state index is -4.73. The van der Waals surface area contributed by atoms with Crippen LogP contribution in [0.5, 0.6) is 5.75 Å². The molecule has 0 atom stereocenters. The Labute approximate surface area is 104 Å². The summed E-state index contributed by atoms with van der Waals surface area (Å²) < 4.78 is 56.2. The standard InChI is InChI=1S/C11H8F4O4/c1-6-4-7(2-3-8(6)12)19-10(17)9(16)18-5-11(13,14)15/h2-4H,5H2,1H3. The summed E-state index contributed by atoms with van der Waals surface area (Å²) >= 11 is 0. The summed E-state index contributed by atoms with van der Waals surface area (Å²) in [5.74, 6) is -4.12. The summed E-state index contributed by atoms with van der Waals surface area (Å²) in [7, 11) is 0. The Kier molecular flexibility index (Phi) is 4.47. The Hall–Kier alpha value is -2.12. The molecule has 0 amide bonds. The van der Waals surface area contributed by atoms with E-state index in [2.05, 4.69) is 9.47 Å². The lowest BCUT2D eigenvalue weighted by molar-refractivity contribution is -0.190. The van der Waals surface area contributed by atoms with Crippen molar-refractivity contribution in [2.45, 2.75) is 13.1 Å². The third kappa shape index (κ3) is 4.94. The van der Waals surface area contributed by atoms with Gasteiger partial charge < -0.3 is 9.47 Å². The first-order valence-corrected chi connectivity index (χ1v) is 4.91. The van der Waals surface area contributed by atoms with Crippen LogP contribution in [0.3, 0.4) is 0 Å². The van der Waals surface area contributed by atoms with Gasteiger partial charge in [0.25, 0.3) is 0 Å². The maximum absolute atomic E-state index is 12.9. The number of halogens is 4. The molecule has 0 aliphatic rings. The molecule has 1 aromatic carbocycles. The van der Waals surface area contributed by atoms with Gasteiger partial charge in [0.15, 0.2) is 6.61 Å². The number of hydrogen-bond donors (Lipinski definition) is 0. The highest BCUT2D eigenvalue weighted by Gasteiger charge is 2.31. The highest BCUT2D eigenvalue weighted by Crippen LogP contribution is 2.17. The topological polar surface area (TPSA) is 52.6 Å². The van der Waals surface area contributed by atoms with Gasteiger partial charge in [-0.2, -0.15) is 13.2 Å². The molecule has 19 heavy (non-hydrogen) atoms. The Bertz CT molecular complexity index is 496. The van der Waals surface area contributed by atoms with Crippen LogP contribution in [0.4, 0.5) is 17.6 Å². The number of alkyl halides is 3. The lowest BCUT2D eigenvalue weighted by Gasteiger charge is -2.08. The van der Waals surface area contributed by atoms with Crippen LogP contribution in [-0.2, 0) is 14.3 Å². The predicted octanol–water partition coefficient (Wildman–Crippen LogP) is 2.15. The third-order valence-corrected chi connectivity index (χ3v) is 1.87. The molecule has 0 N–H and O–H groups in total. The first kappa shape index (κ1) is 14.9. The normalized spacial score (nSPS) is 11.0. The maximum atomic E-state index is 12.9. The van der Waals surface area contributed by atoms with Crippen molar-refractivity contribution in [1.82, 2.24) is 0 Å². The zero-order chi connectivity index (χ0) is 14.6. The number of carbonyl (C=O) groups is 2. The van der Waals surface area contributed by atoms with Crippen LogP contribution in [0.25, 0.3) is 0 Å². The van der Waals surface area contributed by atoms with Crippen LogP contribution in [-0.4, -0.2) is 24.7 Å². The fourth-order valence-corrected chi connectivity index (χ4v) is 1.04. The Morgan fingerprint density at radius 1 is 1.21 bits per heavy atom. The lowest BCUT2D eigenvalue weighted by atomic mass is 10.2. The van der Waals surface area contributed by atoms with Gasteiger partial charge in [-0.3, -0.25) is 0 Å². The van der Waals surface area contributed by atoms with Crippen LogP contribution >= 0.6 is 0 Å². The third-order valence-electron chi connectivity index (χ3n) is 1.87. The molecule has 0 unspecified atom stereocenters. The average molecular weight is 280 g/mol. The van der Waals surface area contributed by atoms with E-state index in [4.69, 9.17) is 0 Å². The molecular formula is C11H8F4O4. The van der Waals surface area contributed by atoms with Crippen LogP contribution in [0.2, 0.25) is 0 Å². The zero-order valence-corrected chi connectivity index (χ0v) is 9.58. The van der Waals surface area contributed by atoms with Crippen molar-refractivity contribution in [3.8, 4) is 5.75 Å². The van der Waals surface area contributed by atoms with E-state index in [0.29, 0.717) is 0 Å². The highest BCUT2D eigenvalue weighted by molar-refractivity contribution is 6.30. The smallest absolute Gasteiger partial charge is 0.422 e. The SMILES string of the molecule is Cc1cc(OC(=O)C(=O)OCC(F)(F)F)ccc1F. The second kappa shape index (κ2) is 5.68. The molecule has 0 aliphatic heterocycles. The minimum Gasteiger partial charge on any atom is -0.448 e. The van der Waals surface area contributed by atoms with Crippen LogP contribution in [0.15, 0.2) is 18.2 Å². The monoisotopic (exact) mass is 280 g/mol. The molecule has 0 aliphatic carbocycles. The van der Waals surface area contributed by atoms with Crippen molar-refractivity contribution in [2.24, 2.45) is 0 Å². The van der Waals surface area contributed by atoms with E-state index in [-0.39, 0.29) is 11.3 Å². The van der Waals surface area contributed by atoms with Gasteiger partial charge in [0.05, 0.1) is 0 Å². The van der Waals surface area contributed by atoms with Gasteiger partial charge in [0.1, 0.15) is 11.6 Å². The average Bonchev–Trinajstić information content (AvgIpc) is 2.29. The molecule has 0 fully saturated rings. The molecule has 0 heterocycles. The molecule has 4 nitrogen and oxygen atoms in total. The second-order valence-electron chi connectivity index (χ2n) is 3.49. The van der Waals surface area contributed by atoms with Crippen molar-refractivity contribution < 1.29 is 36.6 Å². The quantitative estimate of drug-likeness (QED) is 0.360. The molecule has 0 aromatic heterocycles. The number of benzene rings is 1. The van der Waals surface area contributed by atoms with E-state index in [0.717, 1.165) is 18.2 Å². The highest BCUT2D eigenvalue weighted by atomic mass is 19.4. The Morgan fingerprint density at radius 3 is 2.37 bits per heavy atom. The first-order valence-electron chi connectivity index (χ1n) is 4.91. The molecule has 1 rings (SSSR count). The molecule has 8 heteroatoms. The molecule has 0 saturated heterocycles. The second-order valence-corrected chi connectivity index (χ2v) is 3.49. The van der Waals surface area contributed by atoms with Gasteiger partial charge >= 0.3 is 18.1 Å². The Morgan fingerprint density at radius 2 is 1.84 bits per heavy atom. The number of esters is 2. The fourth-order valence-electron chi connectivity index (χ4n) is 1.04. The summed E-state index contributed by atoms with van der Waals surface area (Å²) in [5, 5.41) is 0. The van der Waals surface area contributed by atoms with Crippen molar-refractivity contribution >= 4 is 11.9 Å². The lowest BCUT2D eigenvalue weighted by Crippen LogP contribution is -2.28. The van der Waals surface area contributed by atoms with Crippen molar-refractivity contribution in [3.05, 3.63) is 29.6 Å². The number of rotatable bonds is 2. The van der Waals surface area contributed by atoms with Crippen molar-refractivity contribution in [3.63, 3.8) is 0 Å². The van der Waals surface area contributed by atoms with E-state index < -0.39 is 30.5 Å². The summed E-state index contributed by atoms with van der Waals surface area (Å²) in [4.78, 5) is 21.9. The van der Waals surface area contributed by atoms with Crippen LogP contribution in [0, 0.1) is 12.7 Å². The molecule has 104 valence electrons. The first-order chi connectivity index (χ1) is 8.69. The van der Waals surface area contributed by atoms with Crippen molar-refractivity contribution in [1.29, 1.82) is 0 Å². The van der Waals surface area contributed by atoms with Gasteiger partial charge in [0, 0.05) is 0 Å². The maximum Gasteiger partial charge on any atom is 0.422 e. The van der Waals surface area contributed by atoms with Crippen LogP contribution in [0.1, 0.15) is 5.56 Å². The van der Waals surface area contributed by atoms with Gasteiger partial charge in [-0.1, -0.05) is 0 Å². The largest absolute Gasteiger partial charge is 0.448 e. The van der Waals surface area contributed by atoms with Gasteiger partial charge in [-0.15, -0.1) is 0 Å². The molecule has 0 saturated carbocycles. The zero-order valence-electron chi connectivity index (χ0n) is 9.58. The number of aryl methyl sites for hydroxylation is 1. The van der Waals surface area contributed by atoms with Gasteiger partial charge in [0.2, 0.25) is 0 Å². The molecule has 0 spiro atoms. The summed E-state index contributed by atoms with van der Waals surface area (Å²) in [6.45, 7) is -0.502. The van der Waals surface area contributed by atoms with E-state index in [1.165, 1.54) is 6.92 Å². The summed E-state index contributed by atoms with van der Waals surface area (Å²) in [5.41, 5.74) is 0.147. The summed E-state index contributed by atoms with van der Waals surface area (Å²) in [6, 6.07) is 3.15. The number of hydrogen-bond acceptors (Lipinski definition) is 4. The number of ether oxygens (including phenoxy) is 2. The predicted molar refractivity (Wildman–Crippen MR) is 53.8 cm³/mol. The Balaban J connectivity index is 2.59. The molecular weight excluding hydrogens is 272 g/mol. The van der Waals surface area contributed by atoms with E-state index >= 15 is 0 Å². The molecule has 1 aromatic rings. The van der Waals surface area contributed by atoms with Gasteiger partial charge in [-0.05, 0) is 30.7 Å². The van der Waals surface area contributed by atoms with E-state index in [1.54, 1.807) is 0 Å². The molecule has 0 radical (unpaired) electrons. The summed E-state index contributed by atoms with van der Waals surface area (Å²) in [6.07, 6.45) is -4.73. The van der Waals surface area contributed by atoms with Crippen molar-refractivity contribution in [2.75, 3.05) is 6.61 Å². The van der Waals surface area contributed by atoms with Gasteiger partial charge in [-0.25, -0.2) is 14.0 Å². The molecule has 0 bridgehead atoms. The fraction of sp³-hybridized carbons (Fsp3) is 0.273. The van der Waals surface area contributed by atoms with E-state index in [9.17, 15) is 27.2 Å². The van der Waals surface area contributed by atoms with Crippen LogP contribution < -0.4 is 4.74 Å². The minimum absolute atomic E-state index is 0.147.